The second-order valence-electron chi connectivity index (χ2n) is 5.45. The summed E-state index contributed by atoms with van der Waals surface area (Å²) in [5, 5.41) is 2.49. The van der Waals surface area contributed by atoms with E-state index in [-0.39, 0.29) is 30.2 Å². The van der Waals surface area contributed by atoms with Gasteiger partial charge in [0.2, 0.25) is 15.9 Å². The monoisotopic (exact) mass is 350 g/mol. The molecule has 1 aromatic carbocycles. The van der Waals surface area contributed by atoms with Gasteiger partial charge in [-0.2, -0.15) is 17.5 Å². The van der Waals surface area contributed by atoms with E-state index in [0.717, 1.165) is 4.31 Å². The molecule has 0 spiro atoms. The lowest BCUT2D eigenvalue weighted by Crippen LogP contribution is -2.44. The maximum Gasteiger partial charge on any atom is 0.393 e. The molecule has 1 heterocycles. The first kappa shape index (κ1) is 17.7. The van der Waals surface area contributed by atoms with Crippen molar-refractivity contribution in [1.29, 1.82) is 0 Å². The number of piperidine rings is 1. The highest BCUT2D eigenvalue weighted by Gasteiger charge is 2.44. The summed E-state index contributed by atoms with van der Waals surface area (Å²) in [5.74, 6) is -1.94. The fourth-order valence-corrected chi connectivity index (χ4v) is 4.01. The van der Waals surface area contributed by atoms with Crippen LogP contribution < -0.4 is 5.32 Å². The lowest BCUT2D eigenvalue weighted by molar-refractivity contribution is -0.182. The second-order valence-corrected chi connectivity index (χ2v) is 7.39. The Hall–Kier alpha value is -1.61. The van der Waals surface area contributed by atoms with Crippen LogP contribution in [-0.4, -0.2) is 37.9 Å². The molecule has 23 heavy (non-hydrogen) atoms. The van der Waals surface area contributed by atoms with Gasteiger partial charge in [-0.15, -0.1) is 0 Å². The Kier molecular flexibility index (Phi) is 5.00. The molecule has 0 unspecified atom stereocenters. The lowest BCUT2D eigenvalue weighted by Gasteiger charge is -2.32. The molecule has 0 aromatic heterocycles. The summed E-state index contributed by atoms with van der Waals surface area (Å²) >= 11 is 0. The van der Waals surface area contributed by atoms with E-state index in [9.17, 15) is 26.4 Å². The van der Waals surface area contributed by atoms with E-state index in [0.29, 0.717) is 5.69 Å². The maximum absolute atomic E-state index is 12.8. The van der Waals surface area contributed by atoms with Crippen LogP contribution in [0.15, 0.2) is 29.2 Å². The van der Waals surface area contributed by atoms with Gasteiger partial charge in [0.05, 0.1) is 10.8 Å². The highest BCUT2D eigenvalue weighted by Crippen LogP contribution is 2.35. The normalized spacial score (nSPS) is 20.3. The fourth-order valence-electron chi connectivity index (χ4n) is 2.49. The molecule has 0 radical (unpaired) electrons. The molecule has 0 aliphatic carbocycles. The van der Waals surface area contributed by atoms with E-state index in [4.69, 9.17) is 0 Å². The molecule has 1 aromatic rings. The Morgan fingerprint density at radius 1 is 1.26 bits per heavy atom. The summed E-state index contributed by atoms with van der Waals surface area (Å²) in [6, 6.07) is 5.36. The molecule has 5 nitrogen and oxygen atoms in total. The van der Waals surface area contributed by atoms with Crippen molar-refractivity contribution in [1.82, 2.24) is 4.31 Å². The molecule has 1 aliphatic heterocycles. The third kappa shape index (κ3) is 4.23. The number of halogens is 3. The van der Waals surface area contributed by atoms with Crippen LogP contribution in [0.1, 0.15) is 19.8 Å². The standard InChI is InChI=1S/C14H17F3N2O3S/c1-10(20)18-12-4-6-13(7-5-12)23(21,22)19-8-2-3-11(9-19)14(15,16)17/h4-7,11H,2-3,8-9H2,1H3,(H,18,20)/t11-/m0/s1. The van der Waals surface area contributed by atoms with Crippen molar-refractivity contribution < 1.29 is 26.4 Å². The van der Waals surface area contributed by atoms with E-state index in [1.807, 2.05) is 0 Å². The smallest absolute Gasteiger partial charge is 0.326 e. The van der Waals surface area contributed by atoms with Gasteiger partial charge in [-0.3, -0.25) is 4.79 Å². The predicted molar refractivity (Wildman–Crippen MR) is 78.3 cm³/mol. The third-order valence-corrected chi connectivity index (χ3v) is 5.54. The summed E-state index contributed by atoms with van der Waals surface area (Å²) in [5.41, 5.74) is 0.420. The Labute approximate surface area is 132 Å². The highest BCUT2D eigenvalue weighted by molar-refractivity contribution is 7.89. The van der Waals surface area contributed by atoms with Crippen LogP contribution in [0.25, 0.3) is 0 Å². The molecule has 1 N–H and O–H groups in total. The van der Waals surface area contributed by atoms with E-state index in [1.165, 1.54) is 31.2 Å². The topological polar surface area (TPSA) is 66.5 Å². The summed E-state index contributed by atoms with van der Waals surface area (Å²) in [4.78, 5) is 10.8. The van der Waals surface area contributed by atoms with E-state index < -0.39 is 28.7 Å². The van der Waals surface area contributed by atoms with Gasteiger partial charge in [-0.1, -0.05) is 0 Å². The predicted octanol–water partition coefficient (Wildman–Crippen LogP) is 2.61. The third-order valence-electron chi connectivity index (χ3n) is 3.66. The number of benzene rings is 1. The van der Waals surface area contributed by atoms with Crippen molar-refractivity contribution in [3.8, 4) is 0 Å². The first-order valence-electron chi connectivity index (χ1n) is 7.05. The fraction of sp³-hybridized carbons (Fsp3) is 0.500. The number of rotatable bonds is 3. The van der Waals surface area contributed by atoms with Crippen molar-refractivity contribution in [2.24, 2.45) is 5.92 Å². The molecule has 9 heteroatoms. The van der Waals surface area contributed by atoms with Gasteiger partial charge in [-0.05, 0) is 37.1 Å². The number of alkyl halides is 3. The Morgan fingerprint density at radius 3 is 2.39 bits per heavy atom. The SMILES string of the molecule is CC(=O)Nc1ccc(S(=O)(=O)N2CCC[C@H](C(F)(F)F)C2)cc1. The molecule has 1 aliphatic rings. The van der Waals surface area contributed by atoms with Crippen LogP contribution in [-0.2, 0) is 14.8 Å². The summed E-state index contributed by atoms with van der Waals surface area (Å²) in [6.07, 6.45) is -4.28. The molecule has 0 saturated carbocycles. The minimum Gasteiger partial charge on any atom is -0.326 e. The molecule has 1 fully saturated rings. The molecule has 0 bridgehead atoms. The number of sulfonamides is 1. The Morgan fingerprint density at radius 2 is 1.87 bits per heavy atom. The molecular formula is C14H17F3N2O3S. The summed E-state index contributed by atoms with van der Waals surface area (Å²) in [6.45, 7) is 0.831. The number of nitrogens with one attached hydrogen (secondary N) is 1. The minimum absolute atomic E-state index is 0.0585. The van der Waals surface area contributed by atoms with Gasteiger partial charge in [0.1, 0.15) is 0 Å². The van der Waals surface area contributed by atoms with Crippen LogP contribution in [0, 0.1) is 5.92 Å². The molecule has 128 valence electrons. The average molecular weight is 350 g/mol. The zero-order chi connectivity index (χ0) is 17.3. The Balaban J connectivity index is 2.19. The lowest BCUT2D eigenvalue weighted by atomic mass is 9.99. The van der Waals surface area contributed by atoms with Gasteiger partial charge in [0.15, 0.2) is 0 Å². The van der Waals surface area contributed by atoms with Crippen LogP contribution in [0.4, 0.5) is 18.9 Å². The quantitative estimate of drug-likeness (QED) is 0.911. The van der Waals surface area contributed by atoms with Gasteiger partial charge < -0.3 is 5.32 Å². The van der Waals surface area contributed by atoms with Gasteiger partial charge in [0, 0.05) is 25.7 Å². The number of carbonyl (C=O) groups is 1. The maximum atomic E-state index is 12.8. The minimum atomic E-state index is -4.40. The van der Waals surface area contributed by atoms with Crippen LogP contribution in [0.3, 0.4) is 0 Å². The highest BCUT2D eigenvalue weighted by atomic mass is 32.2. The number of anilines is 1. The second kappa shape index (κ2) is 6.48. The van der Waals surface area contributed by atoms with Crippen molar-refractivity contribution in [2.75, 3.05) is 18.4 Å². The largest absolute Gasteiger partial charge is 0.393 e. The number of carbonyl (C=O) groups excluding carboxylic acids is 1. The van der Waals surface area contributed by atoms with E-state index >= 15 is 0 Å². The van der Waals surface area contributed by atoms with Crippen molar-refractivity contribution in [3.63, 3.8) is 0 Å². The van der Waals surface area contributed by atoms with Gasteiger partial charge in [-0.25, -0.2) is 8.42 Å². The molecule has 1 saturated heterocycles. The van der Waals surface area contributed by atoms with E-state index in [2.05, 4.69) is 5.32 Å². The Bertz CT molecular complexity index is 672. The molecule has 1 amide bonds. The molecule has 1 atom stereocenters. The first-order chi connectivity index (χ1) is 10.6. The van der Waals surface area contributed by atoms with Crippen molar-refractivity contribution in [3.05, 3.63) is 24.3 Å². The number of amides is 1. The van der Waals surface area contributed by atoms with Crippen LogP contribution in [0.2, 0.25) is 0 Å². The molecular weight excluding hydrogens is 333 g/mol. The summed E-state index contributed by atoms with van der Waals surface area (Å²) in [7, 11) is -3.98. The number of nitrogens with zero attached hydrogens (tertiary/aromatic N) is 1. The van der Waals surface area contributed by atoms with Gasteiger partial charge in [0.25, 0.3) is 0 Å². The zero-order valence-electron chi connectivity index (χ0n) is 12.4. The summed E-state index contributed by atoms with van der Waals surface area (Å²) < 4.78 is 64.3. The number of hydrogen-bond acceptors (Lipinski definition) is 3. The van der Waals surface area contributed by atoms with Crippen LogP contribution >= 0.6 is 0 Å². The number of hydrogen-bond donors (Lipinski definition) is 1. The average Bonchev–Trinajstić information content (AvgIpc) is 2.46. The van der Waals surface area contributed by atoms with E-state index in [1.54, 1.807) is 0 Å². The van der Waals surface area contributed by atoms with Crippen molar-refractivity contribution in [2.45, 2.75) is 30.8 Å². The van der Waals surface area contributed by atoms with Crippen LogP contribution in [0.5, 0.6) is 0 Å². The van der Waals surface area contributed by atoms with Crippen molar-refractivity contribution >= 4 is 21.6 Å². The molecule has 2 rings (SSSR count). The van der Waals surface area contributed by atoms with Gasteiger partial charge >= 0.3 is 6.18 Å². The first-order valence-corrected chi connectivity index (χ1v) is 8.49. The zero-order valence-corrected chi connectivity index (χ0v) is 13.2.